The van der Waals surface area contributed by atoms with E-state index in [9.17, 15) is 4.79 Å². The lowest BCUT2D eigenvalue weighted by molar-refractivity contribution is 0.0601. The van der Waals surface area contributed by atoms with E-state index in [4.69, 9.17) is 4.74 Å². The summed E-state index contributed by atoms with van der Waals surface area (Å²) in [5, 5.41) is 4.01. The molecule has 4 heteroatoms. The lowest BCUT2D eigenvalue weighted by Crippen LogP contribution is -2.07. The molecule has 1 heterocycles. The molecule has 18 heavy (non-hydrogen) atoms. The number of esters is 1. The summed E-state index contributed by atoms with van der Waals surface area (Å²) < 4.78 is 4.77. The highest BCUT2D eigenvalue weighted by atomic mass is 16.5. The van der Waals surface area contributed by atoms with Gasteiger partial charge >= 0.3 is 5.97 Å². The highest BCUT2D eigenvalue weighted by Gasteiger charge is 2.15. The second kappa shape index (κ2) is 4.64. The van der Waals surface area contributed by atoms with Crippen molar-refractivity contribution in [2.45, 2.75) is 13.8 Å². The number of anilines is 1. The maximum atomic E-state index is 11.7. The number of pyridine rings is 1. The Kier molecular flexibility index (Phi) is 3.19. The van der Waals surface area contributed by atoms with Crippen LogP contribution in [0.5, 0.6) is 0 Å². The zero-order valence-electron chi connectivity index (χ0n) is 11.0. The summed E-state index contributed by atoms with van der Waals surface area (Å²) in [6.07, 6.45) is 1.56. The van der Waals surface area contributed by atoms with Crippen LogP contribution in [0.1, 0.15) is 21.5 Å². The molecule has 0 bridgehead atoms. The molecule has 0 fully saturated rings. The molecule has 0 aliphatic carbocycles. The van der Waals surface area contributed by atoms with Crippen molar-refractivity contribution >= 4 is 22.6 Å². The van der Waals surface area contributed by atoms with Gasteiger partial charge in [0.1, 0.15) is 5.56 Å². The fourth-order valence-corrected chi connectivity index (χ4v) is 2.19. The van der Waals surface area contributed by atoms with Crippen molar-refractivity contribution in [2.24, 2.45) is 0 Å². The van der Waals surface area contributed by atoms with E-state index < -0.39 is 0 Å². The van der Waals surface area contributed by atoms with Crippen LogP contribution in [-0.2, 0) is 4.74 Å². The summed E-state index contributed by atoms with van der Waals surface area (Å²) in [4.78, 5) is 16.1. The normalized spacial score (nSPS) is 10.4. The van der Waals surface area contributed by atoms with Crippen LogP contribution in [0.2, 0.25) is 0 Å². The van der Waals surface area contributed by atoms with Crippen molar-refractivity contribution in [3.63, 3.8) is 0 Å². The van der Waals surface area contributed by atoms with E-state index >= 15 is 0 Å². The van der Waals surface area contributed by atoms with Crippen molar-refractivity contribution in [1.29, 1.82) is 0 Å². The number of fused-ring (bicyclic) bond motifs is 1. The molecule has 1 aromatic heterocycles. The lowest BCUT2D eigenvalue weighted by Gasteiger charge is -2.12. The number of ether oxygens (including phenoxy) is 1. The van der Waals surface area contributed by atoms with Crippen LogP contribution < -0.4 is 5.32 Å². The van der Waals surface area contributed by atoms with Gasteiger partial charge in [0, 0.05) is 18.6 Å². The predicted octanol–water partition coefficient (Wildman–Crippen LogP) is 2.68. The second-order valence-electron chi connectivity index (χ2n) is 4.27. The predicted molar refractivity (Wildman–Crippen MR) is 72.1 cm³/mol. The van der Waals surface area contributed by atoms with Crippen LogP contribution >= 0.6 is 0 Å². The second-order valence-corrected chi connectivity index (χ2v) is 4.27. The summed E-state index contributed by atoms with van der Waals surface area (Å²) in [6, 6.07) is 4.10. The topological polar surface area (TPSA) is 51.2 Å². The smallest absolute Gasteiger partial charge is 0.341 e. The summed E-state index contributed by atoms with van der Waals surface area (Å²) >= 11 is 0. The van der Waals surface area contributed by atoms with Crippen molar-refractivity contribution in [3.05, 3.63) is 35.0 Å². The zero-order chi connectivity index (χ0) is 13.3. The minimum atomic E-state index is -0.382. The van der Waals surface area contributed by atoms with Crippen LogP contribution in [0.4, 0.5) is 5.69 Å². The van der Waals surface area contributed by atoms with Gasteiger partial charge in [-0.3, -0.25) is 4.98 Å². The zero-order valence-corrected chi connectivity index (χ0v) is 11.0. The van der Waals surface area contributed by atoms with Crippen molar-refractivity contribution in [1.82, 2.24) is 4.98 Å². The molecule has 0 aliphatic rings. The van der Waals surface area contributed by atoms with Gasteiger partial charge in [0.25, 0.3) is 0 Å². The number of benzene rings is 1. The first kappa shape index (κ1) is 12.4. The molecule has 1 N–H and O–H groups in total. The van der Waals surface area contributed by atoms with Crippen LogP contribution in [0.15, 0.2) is 18.3 Å². The molecule has 94 valence electrons. The average molecular weight is 244 g/mol. The number of aromatic nitrogens is 1. The van der Waals surface area contributed by atoms with E-state index in [1.807, 2.05) is 19.9 Å². The van der Waals surface area contributed by atoms with Gasteiger partial charge in [0.2, 0.25) is 0 Å². The molecular formula is C14H16N2O2. The first-order valence-electron chi connectivity index (χ1n) is 5.74. The molecule has 0 unspecified atom stereocenters. The van der Waals surface area contributed by atoms with E-state index in [1.54, 1.807) is 13.2 Å². The third-order valence-corrected chi connectivity index (χ3v) is 2.96. The molecule has 2 rings (SSSR count). The SMILES string of the molecule is CNc1c(C(=O)OC)cnc2c(C)cc(C)cc12. The minimum absolute atomic E-state index is 0.382. The Morgan fingerprint density at radius 1 is 1.33 bits per heavy atom. The fraction of sp³-hybridized carbons (Fsp3) is 0.286. The summed E-state index contributed by atoms with van der Waals surface area (Å²) in [6.45, 7) is 4.04. The van der Waals surface area contributed by atoms with Gasteiger partial charge in [0.15, 0.2) is 0 Å². The number of nitrogens with one attached hydrogen (secondary N) is 1. The van der Waals surface area contributed by atoms with E-state index in [0.29, 0.717) is 5.56 Å². The highest BCUT2D eigenvalue weighted by Crippen LogP contribution is 2.29. The van der Waals surface area contributed by atoms with E-state index in [1.165, 1.54) is 7.11 Å². The van der Waals surface area contributed by atoms with Crippen LogP contribution in [0, 0.1) is 13.8 Å². The van der Waals surface area contributed by atoms with E-state index in [2.05, 4.69) is 16.4 Å². The van der Waals surface area contributed by atoms with Gasteiger partial charge < -0.3 is 10.1 Å². The molecule has 0 saturated carbocycles. The maximum Gasteiger partial charge on any atom is 0.341 e. The number of nitrogens with zero attached hydrogens (tertiary/aromatic N) is 1. The first-order chi connectivity index (χ1) is 8.58. The Morgan fingerprint density at radius 2 is 2.06 bits per heavy atom. The molecule has 0 amide bonds. The molecule has 1 aromatic carbocycles. The van der Waals surface area contributed by atoms with Crippen molar-refractivity contribution < 1.29 is 9.53 Å². The molecule has 0 radical (unpaired) electrons. The van der Waals surface area contributed by atoms with Gasteiger partial charge in [-0.1, -0.05) is 11.6 Å². The molecule has 0 saturated heterocycles. The average Bonchev–Trinajstić information content (AvgIpc) is 2.36. The Labute approximate surface area is 106 Å². The van der Waals surface area contributed by atoms with Gasteiger partial charge in [-0.2, -0.15) is 0 Å². The Hall–Kier alpha value is -2.10. The van der Waals surface area contributed by atoms with Gasteiger partial charge in [-0.25, -0.2) is 4.79 Å². The Morgan fingerprint density at radius 3 is 2.67 bits per heavy atom. The van der Waals surface area contributed by atoms with Crippen molar-refractivity contribution in [2.75, 3.05) is 19.5 Å². The first-order valence-corrected chi connectivity index (χ1v) is 5.74. The van der Waals surface area contributed by atoms with Crippen molar-refractivity contribution in [3.8, 4) is 0 Å². The number of hydrogen-bond acceptors (Lipinski definition) is 4. The molecule has 4 nitrogen and oxygen atoms in total. The summed E-state index contributed by atoms with van der Waals surface area (Å²) in [5.41, 5.74) is 4.35. The van der Waals surface area contributed by atoms with Crippen LogP contribution in [0.25, 0.3) is 10.9 Å². The molecule has 0 spiro atoms. The molecule has 2 aromatic rings. The Bertz CT molecular complexity index is 621. The highest BCUT2D eigenvalue weighted by molar-refractivity contribution is 6.05. The number of aryl methyl sites for hydroxylation is 2. The fourth-order valence-electron chi connectivity index (χ4n) is 2.19. The summed E-state index contributed by atoms with van der Waals surface area (Å²) in [7, 11) is 3.16. The largest absolute Gasteiger partial charge is 0.465 e. The minimum Gasteiger partial charge on any atom is -0.465 e. The maximum absolute atomic E-state index is 11.7. The standard InChI is InChI=1S/C14H16N2O2/c1-8-5-9(2)12-10(6-8)13(15-3)11(7-16-12)14(17)18-4/h5-7H,1-4H3,(H,15,16). The quantitative estimate of drug-likeness (QED) is 0.825. The van der Waals surface area contributed by atoms with E-state index in [0.717, 1.165) is 27.7 Å². The number of methoxy groups -OCH3 is 1. The molecule has 0 atom stereocenters. The molecule has 0 aliphatic heterocycles. The van der Waals surface area contributed by atoms with Crippen LogP contribution in [0.3, 0.4) is 0 Å². The molecular weight excluding hydrogens is 228 g/mol. The van der Waals surface area contributed by atoms with Crippen LogP contribution in [-0.4, -0.2) is 25.1 Å². The summed E-state index contributed by atoms with van der Waals surface area (Å²) in [5.74, 6) is -0.382. The van der Waals surface area contributed by atoms with Gasteiger partial charge in [-0.15, -0.1) is 0 Å². The number of carbonyl (C=O) groups excluding carboxylic acids is 1. The third kappa shape index (κ3) is 1.90. The monoisotopic (exact) mass is 244 g/mol. The van der Waals surface area contributed by atoms with E-state index in [-0.39, 0.29) is 5.97 Å². The lowest BCUT2D eigenvalue weighted by atomic mass is 10.0. The third-order valence-electron chi connectivity index (χ3n) is 2.96. The van der Waals surface area contributed by atoms with Gasteiger partial charge in [0.05, 0.1) is 18.3 Å². The van der Waals surface area contributed by atoms with Gasteiger partial charge in [-0.05, 0) is 25.5 Å². The number of hydrogen-bond donors (Lipinski definition) is 1. The Balaban J connectivity index is 2.82. The number of rotatable bonds is 2. The number of carbonyl (C=O) groups is 1.